The fourth-order valence-electron chi connectivity index (χ4n) is 4.38. The summed E-state index contributed by atoms with van der Waals surface area (Å²) in [6.45, 7) is 4.33. The molecule has 1 aromatic carbocycles. The minimum atomic E-state index is -0.00578. The fraction of sp³-hybridized carbons (Fsp3) is 0.500. The molecule has 0 N–H and O–H groups in total. The van der Waals surface area contributed by atoms with Crippen molar-refractivity contribution in [2.75, 3.05) is 26.2 Å². The molecule has 0 radical (unpaired) electrons. The topological polar surface area (TPSA) is 58.4 Å². The van der Waals surface area contributed by atoms with Crippen LogP contribution in [0.3, 0.4) is 0 Å². The average molecular weight is 459 g/mol. The lowest BCUT2D eigenvalue weighted by Crippen LogP contribution is -2.50. The Hall–Kier alpha value is -2.15. The van der Waals surface area contributed by atoms with Crippen LogP contribution >= 0.6 is 15.9 Å². The van der Waals surface area contributed by atoms with E-state index in [0.29, 0.717) is 44.1 Å². The second-order valence-electron chi connectivity index (χ2n) is 8.06. The highest BCUT2D eigenvalue weighted by atomic mass is 79.9. The lowest BCUT2D eigenvalue weighted by Gasteiger charge is -2.35. The molecule has 2 fully saturated rings. The van der Waals surface area contributed by atoms with Gasteiger partial charge in [-0.3, -0.25) is 9.59 Å². The third-order valence-corrected chi connectivity index (χ3v) is 6.70. The molecule has 0 bridgehead atoms. The lowest BCUT2D eigenvalue weighted by molar-refractivity contribution is -0.133. The highest BCUT2D eigenvalue weighted by molar-refractivity contribution is 9.10. The molecule has 7 heteroatoms. The van der Waals surface area contributed by atoms with Crippen molar-refractivity contribution in [1.82, 2.24) is 19.6 Å². The van der Waals surface area contributed by atoms with E-state index in [2.05, 4.69) is 21.0 Å². The van der Waals surface area contributed by atoms with E-state index in [1.165, 1.54) is 25.7 Å². The zero-order chi connectivity index (χ0) is 20.4. The first kappa shape index (κ1) is 20.1. The van der Waals surface area contributed by atoms with E-state index < -0.39 is 0 Å². The van der Waals surface area contributed by atoms with Gasteiger partial charge in [0.2, 0.25) is 5.91 Å². The summed E-state index contributed by atoms with van der Waals surface area (Å²) < 4.78 is 2.80. The molecule has 29 heavy (non-hydrogen) atoms. The van der Waals surface area contributed by atoms with Crippen LogP contribution in [0.25, 0.3) is 5.69 Å². The number of hydrogen-bond acceptors (Lipinski definition) is 3. The Balaban J connectivity index is 1.37. The molecule has 0 unspecified atom stereocenters. The average Bonchev–Trinajstić information content (AvgIpc) is 3.38. The summed E-state index contributed by atoms with van der Waals surface area (Å²) in [5.41, 5.74) is 2.38. The number of hydrogen-bond donors (Lipinski definition) is 0. The van der Waals surface area contributed by atoms with Crippen molar-refractivity contribution >= 4 is 27.7 Å². The Morgan fingerprint density at radius 3 is 2.31 bits per heavy atom. The van der Waals surface area contributed by atoms with Crippen LogP contribution < -0.4 is 0 Å². The molecular formula is C22H27BrN4O2. The Kier molecular flexibility index (Phi) is 6.04. The minimum absolute atomic E-state index is 0.00578. The van der Waals surface area contributed by atoms with Gasteiger partial charge in [-0.25, -0.2) is 4.68 Å². The highest BCUT2D eigenvalue weighted by Crippen LogP contribution is 2.28. The van der Waals surface area contributed by atoms with Crippen LogP contribution in [-0.4, -0.2) is 57.6 Å². The monoisotopic (exact) mass is 458 g/mol. The standard InChI is InChI=1S/C22H27BrN4O2/c1-16-20(15-24-27(16)19-8-6-18(23)7-9-19)22(29)26-12-10-25(11-13-26)21(28)14-17-4-2-3-5-17/h6-9,15,17H,2-5,10-14H2,1H3. The Bertz CT molecular complexity index is 879. The minimum Gasteiger partial charge on any atom is -0.339 e. The zero-order valence-corrected chi connectivity index (χ0v) is 18.4. The number of piperazine rings is 1. The van der Waals surface area contributed by atoms with Crippen LogP contribution in [0, 0.1) is 12.8 Å². The second kappa shape index (κ2) is 8.69. The van der Waals surface area contributed by atoms with Gasteiger partial charge in [0.1, 0.15) is 0 Å². The molecule has 1 aliphatic carbocycles. The molecule has 0 spiro atoms. The summed E-state index contributed by atoms with van der Waals surface area (Å²) >= 11 is 3.44. The van der Waals surface area contributed by atoms with E-state index in [1.54, 1.807) is 10.9 Å². The maximum atomic E-state index is 13.0. The second-order valence-corrected chi connectivity index (χ2v) is 8.98. The van der Waals surface area contributed by atoms with Gasteiger partial charge >= 0.3 is 0 Å². The van der Waals surface area contributed by atoms with Crippen molar-refractivity contribution in [3.05, 3.63) is 46.2 Å². The quantitative estimate of drug-likeness (QED) is 0.699. The lowest BCUT2D eigenvalue weighted by atomic mass is 10.0. The van der Waals surface area contributed by atoms with E-state index >= 15 is 0 Å². The summed E-state index contributed by atoms with van der Waals surface area (Å²) in [6, 6.07) is 7.85. The summed E-state index contributed by atoms with van der Waals surface area (Å²) in [4.78, 5) is 29.4. The molecular weight excluding hydrogens is 432 g/mol. The van der Waals surface area contributed by atoms with Crippen LogP contribution in [0.4, 0.5) is 0 Å². The number of benzene rings is 1. The molecule has 154 valence electrons. The van der Waals surface area contributed by atoms with E-state index in [9.17, 15) is 9.59 Å². The Labute approximate surface area is 180 Å². The van der Waals surface area contributed by atoms with Crippen molar-refractivity contribution < 1.29 is 9.59 Å². The predicted molar refractivity (Wildman–Crippen MR) is 115 cm³/mol. The van der Waals surface area contributed by atoms with Crippen LogP contribution in [0.2, 0.25) is 0 Å². The van der Waals surface area contributed by atoms with Gasteiger partial charge in [-0.15, -0.1) is 0 Å². The maximum absolute atomic E-state index is 13.0. The van der Waals surface area contributed by atoms with Crippen LogP contribution in [-0.2, 0) is 4.79 Å². The van der Waals surface area contributed by atoms with Crippen LogP contribution in [0.5, 0.6) is 0 Å². The van der Waals surface area contributed by atoms with Crippen molar-refractivity contribution in [2.45, 2.75) is 39.0 Å². The molecule has 1 aliphatic heterocycles. The predicted octanol–water partition coefficient (Wildman–Crippen LogP) is 3.81. The van der Waals surface area contributed by atoms with Gasteiger partial charge in [-0.05, 0) is 49.9 Å². The summed E-state index contributed by atoms with van der Waals surface area (Å²) in [5, 5.41) is 4.42. The first-order valence-electron chi connectivity index (χ1n) is 10.4. The third kappa shape index (κ3) is 4.39. The molecule has 2 aromatic rings. The number of halogens is 1. The van der Waals surface area contributed by atoms with Crippen molar-refractivity contribution in [3.63, 3.8) is 0 Å². The van der Waals surface area contributed by atoms with Gasteiger partial charge in [0.25, 0.3) is 5.91 Å². The van der Waals surface area contributed by atoms with Crippen molar-refractivity contribution in [3.8, 4) is 5.69 Å². The van der Waals surface area contributed by atoms with Crippen molar-refractivity contribution in [1.29, 1.82) is 0 Å². The molecule has 2 heterocycles. The van der Waals surface area contributed by atoms with Gasteiger partial charge in [0, 0.05) is 37.1 Å². The summed E-state index contributed by atoms with van der Waals surface area (Å²) in [5.74, 6) is 0.811. The third-order valence-electron chi connectivity index (χ3n) is 6.17. The Morgan fingerprint density at radius 2 is 1.66 bits per heavy atom. The van der Waals surface area contributed by atoms with E-state index in [4.69, 9.17) is 0 Å². The SMILES string of the molecule is Cc1c(C(=O)N2CCN(C(=O)CC3CCCC3)CC2)cnn1-c1ccc(Br)cc1. The molecule has 6 nitrogen and oxygen atoms in total. The van der Waals surface area contributed by atoms with Crippen LogP contribution in [0.15, 0.2) is 34.9 Å². The van der Waals surface area contributed by atoms with E-state index in [0.717, 1.165) is 15.9 Å². The largest absolute Gasteiger partial charge is 0.339 e. The van der Waals surface area contributed by atoms with Gasteiger partial charge < -0.3 is 9.80 Å². The van der Waals surface area contributed by atoms with Crippen molar-refractivity contribution in [2.24, 2.45) is 5.92 Å². The zero-order valence-electron chi connectivity index (χ0n) is 16.8. The van der Waals surface area contributed by atoms with E-state index in [-0.39, 0.29) is 11.8 Å². The molecule has 4 rings (SSSR count). The number of nitrogens with zero attached hydrogens (tertiary/aromatic N) is 4. The number of aromatic nitrogens is 2. The fourth-order valence-corrected chi connectivity index (χ4v) is 4.65. The molecule has 1 aromatic heterocycles. The first-order valence-corrected chi connectivity index (χ1v) is 11.2. The maximum Gasteiger partial charge on any atom is 0.257 e. The molecule has 1 saturated heterocycles. The molecule has 1 saturated carbocycles. The summed E-state index contributed by atoms with van der Waals surface area (Å²) in [7, 11) is 0. The molecule has 2 aliphatic rings. The molecule has 2 amide bonds. The number of rotatable bonds is 4. The smallest absolute Gasteiger partial charge is 0.257 e. The van der Waals surface area contributed by atoms with Gasteiger partial charge in [-0.2, -0.15) is 5.10 Å². The first-order chi connectivity index (χ1) is 14.0. The number of carbonyl (C=O) groups excluding carboxylic acids is 2. The highest BCUT2D eigenvalue weighted by Gasteiger charge is 2.28. The Morgan fingerprint density at radius 1 is 1.03 bits per heavy atom. The normalized spacial score (nSPS) is 17.7. The summed E-state index contributed by atoms with van der Waals surface area (Å²) in [6.07, 6.45) is 7.21. The van der Waals surface area contributed by atoms with E-state index in [1.807, 2.05) is 41.0 Å². The van der Waals surface area contributed by atoms with Gasteiger partial charge in [0.15, 0.2) is 0 Å². The van der Waals surface area contributed by atoms with Crippen LogP contribution in [0.1, 0.15) is 48.2 Å². The molecule has 0 atom stereocenters. The number of carbonyl (C=O) groups is 2. The van der Waals surface area contributed by atoms with Gasteiger partial charge in [0.05, 0.1) is 23.1 Å². The van der Waals surface area contributed by atoms with Gasteiger partial charge in [-0.1, -0.05) is 28.8 Å². The number of amides is 2.